The quantitative estimate of drug-likeness (QED) is 0.906. The highest BCUT2D eigenvalue weighted by Gasteiger charge is 2.29. The molecule has 7 heteroatoms. The maximum atomic E-state index is 12.6. The highest BCUT2D eigenvalue weighted by atomic mass is 16.2. The summed E-state index contributed by atoms with van der Waals surface area (Å²) in [7, 11) is 0. The lowest BCUT2D eigenvalue weighted by atomic mass is 9.93. The van der Waals surface area contributed by atoms with Crippen LogP contribution in [0.15, 0.2) is 31.1 Å². The van der Waals surface area contributed by atoms with Crippen LogP contribution in [0.25, 0.3) is 0 Å². The number of nitrogens with one attached hydrogen (secondary N) is 1. The molecule has 0 bridgehead atoms. The molecule has 0 saturated carbocycles. The van der Waals surface area contributed by atoms with Crippen LogP contribution in [0.2, 0.25) is 0 Å². The van der Waals surface area contributed by atoms with Crippen LogP contribution < -0.4 is 5.32 Å². The Morgan fingerprint density at radius 1 is 1.36 bits per heavy atom. The average Bonchev–Trinajstić information content (AvgIpc) is 3.24. The molecule has 0 radical (unpaired) electrons. The number of carbonyl (C=O) groups is 1. The fourth-order valence-electron chi connectivity index (χ4n) is 3.42. The van der Waals surface area contributed by atoms with E-state index in [1.807, 2.05) is 23.6 Å². The van der Waals surface area contributed by atoms with Crippen LogP contribution in [0, 0.1) is 11.8 Å². The van der Waals surface area contributed by atoms with Gasteiger partial charge in [-0.25, -0.2) is 14.8 Å². The van der Waals surface area contributed by atoms with Crippen LogP contribution >= 0.6 is 0 Å². The van der Waals surface area contributed by atoms with E-state index in [4.69, 9.17) is 0 Å². The molecular formula is C18H28N6O. The first-order valence-electron chi connectivity index (χ1n) is 9.04. The van der Waals surface area contributed by atoms with Crippen LogP contribution in [-0.2, 0) is 13.1 Å². The number of hydrogen-bond donors (Lipinski definition) is 1. The lowest BCUT2D eigenvalue weighted by molar-refractivity contribution is 0.139. The molecule has 0 unspecified atom stereocenters. The van der Waals surface area contributed by atoms with Gasteiger partial charge in [0.05, 0.1) is 18.9 Å². The monoisotopic (exact) mass is 344 g/mol. The largest absolute Gasteiger partial charge is 0.333 e. The van der Waals surface area contributed by atoms with Gasteiger partial charge in [-0.2, -0.15) is 0 Å². The molecule has 0 aromatic carbocycles. The molecule has 0 spiro atoms. The van der Waals surface area contributed by atoms with E-state index < -0.39 is 0 Å². The minimum atomic E-state index is -0.0175. The third-order valence-electron chi connectivity index (χ3n) is 4.87. The van der Waals surface area contributed by atoms with Crippen LogP contribution in [0.3, 0.4) is 0 Å². The van der Waals surface area contributed by atoms with Crippen molar-refractivity contribution in [1.29, 1.82) is 0 Å². The normalized spacial score (nSPS) is 20.9. The zero-order valence-electron chi connectivity index (χ0n) is 15.3. The van der Waals surface area contributed by atoms with Crippen LogP contribution in [0.5, 0.6) is 0 Å². The Bertz CT molecular complexity index is 678. The van der Waals surface area contributed by atoms with Crippen molar-refractivity contribution in [3.8, 4) is 0 Å². The SMILES string of the molecule is CC(C)Cn1ccnc1CNC(=O)N1CC[C@@H](C)[C@@H](n2ccnc2)C1. The second-order valence-corrected chi connectivity index (χ2v) is 7.34. The second-order valence-electron chi connectivity index (χ2n) is 7.34. The zero-order chi connectivity index (χ0) is 17.8. The predicted molar refractivity (Wildman–Crippen MR) is 95.9 cm³/mol. The van der Waals surface area contributed by atoms with Crippen molar-refractivity contribution in [2.75, 3.05) is 13.1 Å². The van der Waals surface area contributed by atoms with E-state index in [1.54, 1.807) is 12.4 Å². The molecule has 7 nitrogen and oxygen atoms in total. The highest BCUT2D eigenvalue weighted by molar-refractivity contribution is 5.74. The van der Waals surface area contributed by atoms with E-state index in [0.717, 1.165) is 25.3 Å². The maximum Gasteiger partial charge on any atom is 0.317 e. The summed E-state index contributed by atoms with van der Waals surface area (Å²) in [6.45, 7) is 9.46. The summed E-state index contributed by atoms with van der Waals surface area (Å²) in [5.41, 5.74) is 0. The molecule has 136 valence electrons. The number of piperidine rings is 1. The van der Waals surface area contributed by atoms with Gasteiger partial charge in [0.15, 0.2) is 0 Å². The van der Waals surface area contributed by atoms with Gasteiger partial charge < -0.3 is 19.4 Å². The van der Waals surface area contributed by atoms with Crippen LogP contribution in [0.4, 0.5) is 4.79 Å². The Hall–Kier alpha value is -2.31. The summed E-state index contributed by atoms with van der Waals surface area (Å²) in [6, 6.07) is 0.265. The summed E-state index contributed by atoms with van der Waals surface area (Å²) in [4.78, 5) is 23.0. The number of aromatic nitrogens is 4. The fraction of sp³-hybridized carbons (Fsp3) is 0.611. The number of hydrogen-bond acceptors (Lipinski definition) is 3. The van der Waals surface area contributed by atoms with Crippen molar-refractivity contribution in [1.82, 2.24) is 29.3 Å². The summed E-state index contributed by atoms with van der Waals surface area (Å²) < 4.78 is 4.22. The van der Waals surface area contributed by atoms with Gasteiger partial charge in [-0.1, -0.05) is 20.8 Å². The van der Waals surface area contributed by atoms with Crippen molar-refractivity contribution < 1.29 is 4.79 Å². The molecule has 1 saturated heterocycles. The lowest BCUT2D eigenvalue weighted by Gasteiger charge is -2.37. The predicted octanol–water partition coefficient (Wildman–Crippen LogP) is 2.53. The Balaban J connectivity index is 1.57. The number of imidazole rings is 2. The smallest absolute Gasteiger partial charge is 0.317 e. The van der Waals surface area contributed by atoms with Gasteiger partial charge in [-0.15, -0.1) is 0 Å². The second kappa shape index (κ2) is 7.72. The first-order valence-corrected chi connectivity index (χ1v) is 9.04. The minimum absolute atomic E-state index is 0.0175. The van der Waals surface area contributed by atoms with Crippen molar-refractivity contribution in [3.63, 3.8) is 0 Å². The van der Waals surface area contributed by atoms with Crippen molar-refractivity contribution in [2.24, 2.45) is 11.8 Å². The molecule has 2 amide bonds. The fourth-order valence-corrected chi connectivity index (χ4v) is 3.42. The molecule has 3 heterocycles. The standard InChI is InChI=1S/C18H28N6O/c1-14(2)11-22-9-6-20-17(22)10-21-18(25)23-7-4-15(3)16(12-23)24-8-5-19-13-24/h5-6,8-9,13-16H,4,7,10-12H2,1-3H3,(H,21,25)/t15-,16+/m1/s1. The van der Waals surface area contributed by atoms with Gasteiger partial charge in [0, 0.05) is 44.4 Å². The molecule has 2 aromatic heterocycles. The van der Waals surface area contributed by atoms with Gasteiger partial charge >= 0.3 is 6.03 Å². The van der Waals surface area contributed by atoms with Gasteiger partial charge in [0.25, 0.3) is 0 Å². The summed E-state index contributed by atoms with van der Waals surface area (Å²) in [5.74, 6) is 1.98. The molecule has 1 aliphatic rings. The summed E-state index contributed by atoms with van der Waals surface area (Å²) in [5, 5.41) is 3.03. The Morgan fingerprint density at radius 3 is 2.92 bits per heavy atom. The highest BCUT2D eigenvalue weighted by Crippen LogP contribution is 2.27. The van der Waals surface area contributed by atoms with Gasteiger partial charge in [0.2, 0.25) is 0 Å². The topological polar surface area (TPSA) is 68.0 Å². The third kappa shape index (κ3) is 4.21. The number of urea groups is 1. The van der Waals surface area contributed by atoms with E-state index >= 15 is 0 Å². The summed E-state index contributed by atoms with van der Waals surface area (Å²) in [6.07, 6.45) is 10.4. The van der Waals surface area contributed by atoms with E-state index in [-0.39, 0.29) is 12.1 Å². The molecule has 1 fully saturated rings. The number of carbonyl (C=O) groups excluding carboxylic acids is 1. The first kappa shape index (κ1) is 17.5. The number of likely N-dealkylation sites (tertiary alicyclic amines) is 1. The third-order valence-corrected chi connectivity index (χ3v) is 4.87. The van der Waals surface area contributed by atoms with Crippen molar-refractivity contribution in [3.05, 3.63) is 36.9 Å². The van der Waals surface area contributed by atoms with E-state index in [1.165, 1.54) is 0 Å². The minimum Gasteiger partial charge on any atom is -0.333 e. The van der Waals surface area contributed by atoms with E-state index in [0.29, 0.717) is 24.9 Å². The molecule has 1 aliphatic heterocycles. The molecular weight excluding hydrogens is 316 g/mol. The Morgan fingerprint density at radius 2 is 2.20 bits per heavy atom. The molecule has 3 rings (SSSR count). The van der Waals surface area contributed by atoms with Crippen molar-refractivity contribution >= 4 is 6.03 Å². The Labute approximate surface area is 149 Å². The first-order chi connectivity index (χ1) is 12.0. The molecule has 2 aromatic rings. The van der Waals surface area contributed by atoms with Gasteiger partial charge in [0.1, 0.15) is 5.82 Å². The number of rotatable bonds is 5. The molecule has 25 heavy (non-hydrogen) atoms. The lowest BCUT2D eigenvalue weighted by Crippen LogP contribution is -2.48. The van der Waals surface area contributed by atoms with Gasteiger partial charge in [-0.05, 0) is 18.3 Å². The van der Waals surface area contributed by atoms with Crippen LogP contribution in [0.1, 0.15) is 39.1 Å². The van der Waals surface area contributed by atoms with Gasteiger partial charge in [-0.3, -0.25) is 0 Å². The maximum absolute atomic E-state index is 12.6. The molecule has 1 N–H and O–H groups in total. The number of amides is 2. The molecule has 2 atom stereocenters. The van der Waals surface area contributed by atoms with Crippen molar-refractivity contribution in [2.45, 2.75) is 46.3 Å². The van der Waals surface area contributed by atoms with E-state index in [9.17, 15) is 4.79 Å². The molecule has 0 aliphatic carbocycles. The Kier molecular flexibility index (Phi) is 5.40. The number of nitrogens with zero attached hydrogens (tertiary/aromatic N) is 5. The average molecular weight is 344 g/mol. The van der Waals surface area contributed by atoms with E-state index in [2.05, 4.69) is 45.2 Å². The van der Waals surface area contributed by atoms with Crippen LogP contribution in [-0.4, -0.2) is 43.1 Å². The summed E-state index contributed by atoms with van der Waals surface area (Å²) >= 11 is 0. The zero-order valence-corrected chi connectivity index (χ0v) is 15.3.